The Morgan fingerprint density at radius 3 is 2.73 bits per heavy atom. The molecule has 1 aliphatic rings. The molecule has 6 nitrogen and oxygen atoms in total. The van der Waals surface area contributed by atoms with Crippen molar-refractivity contribution < 1.29 is 31.1 Å². The minimum absolute atomic E-state index is 0.0922. The van der Waals surface area contributed by atoms with E-state index in [0.717, 1.165) is 24.7 Å². The van der Waals surface area contributed by atoms with E-state index < -0.39 is 27.7 Å². The van der Waals surface area contributed by atoms with Crippen LogP contribution in [0.4, 0.5) is 13.2 Å². The van der Waals surface area contributed by atoms with Crippen LogP contribution in [0.2, 0.25) is 0 Å². The van der Waals surface area contributed by atoms with Gasteiger partial charge in [-0.05, 0) is 30.5 Å². The molecule has 1 aromatic rings. The maximum atomic E-state index is 13.1. The number of amides is 1. The van der Waals surface area contributed by atoms with Crippen LogP contribution >= 0.6 is 0 Å². The van der Waals surface area contributed by atoms with Crippen LogP contribution in [0.15, 0.2) is 30.2 Å². The predicted molar refractivity (Wildman–Crippen MR) is 89.1 cm³/mol. The third-order valence-corrected chi connectivity index (χ3v) is 5.13. The van der Waals surface area contributed by atoms with E-state index in [1.165, 1.54) is 11.0 Å². The number of halogens is 3. The monoisotopic (exact) mass is 392 g/mol. The maximum absolute atomic E-state index is 13.1. The fourth-order valence-corrected chi connectivity index (χ4v) is 3.31. The van der Waals surface area contributed by atoms with Crippen molar-refractivity contribution in [2.75, 3.05) is 26.7 Å². The van der Waals surface area contributed by atoms with Gasteiger partial charge < -0.3 is 9.64 Å². The number of nitrogens with zero attached hydrogens (tertiary/aromatic N) is 1. The van der Waals surface area contributed by atoms with Crippen LogP contribution in [0.3, 0.4) is 0 Å². The number of rotatable bonds is 6. The first-order valence-electron chi connectivity index (χ1n) is 7.74. The Bertz CT molecular complexity index is 793. The van der Waals surface area contributed by atoms with Crippen molar-refractivity contribution in [1.82, 2.24) is 9.62 Å². The Labute approximate surface area is 149 Å². The largest absolute Gasteiger partial charge is 0.496 e. The number of sulfonamides is 1. The third kappa shape index (κ3) is 4.76. The zero-order valence-corrected chi connectivity index (χ0v) is 14.9. The highest BCUT2D eigenvalue weighted by molar-refractivity contribution is 7.92. The lowest BCUT2D eigenvalue weighted by atomic mass is 10.1. The summed E-state index contributed by atoms with van der Waals surface area (Å²) in [6, 6.07) is 3.17. The summed E-state index contributed by atoms with van der Waals surface area (Å²) in [6.07, 6.45) is -4.09. The summed E-state index contributed by atoms with van der Waals surface area (Å²) in [4.78, 5) is 13.9. The molecule has 1 unspecified atom stereocenters. The lowest BCUT2D eigenvalue weighted by Crippen LogP contribution is -2.32. The summed E-state index contributed by atoms with van der Waals surface area (Å²) in [6.45, 7) is 3.91. The number of methoxy groups -OCH3 is 1. The quantitative estimate of drug-likeness (QED) is 0.806. The fourth-order valence-electron chi connectivity index (χ4n) is 2.72. The average molecular weight is 392 g/mol. The first-order valence-corrected chi connectivity index (χ1v) is 9.28. The molecular weight excluding hydrogens is 373 g/mol. The van der Waals surface area contributed by atoms with Crippen LogP contribution in [-0.4, -0.2) is 46.0 Å². The van der Waals surface area contributed by atoms with E-state index in [9.17, 15) is 26.4 Å². The zero-order valence-electron chi connectivity index (χ0n) is 14.0. The Morgan fingerprint density at radius 1 is 1.46 bits per heavy atom. The Balaban J connectivity index is 2.09. The molecule has 1 heterocycles. The van der Waals surface area contributed by atoms with Crippen LogP contribution < -0.4 is 9.46 Å². The van der Waals surface area contributed by atoms with E-state index in [0.29, 0.717) is 13.0 Å². The minimum Gasteiger partial charge on any atom is -0.496 e. The highest BCUT2D eigenvalue weighted by Crippen LogP contribution is 2.37. The average Bonchev–Trinajstić information content (AvgIpc) is 3.07. The van der Waals surface area contributed by atoms with Crippen molar-refractivity contribution in [1.29, 1.82) is 0 Å². The van der Waals surface area contributed by atoms with Crippen molar-refractivity contribution in [3.05, 3.63) is 41.3 Å². The summed E-state index contributed by atoms with van der Waals surface area (Å²) in [7, 11) is -2.43. The van der Waals surface area contributed by atoms with Crippen molar-refractivity contribution in [3.63, 3.8) is 0 Å². The predicted octanol–water partition coefficient (Wildman–Crippen LogP) is 2.24. The minimum atomic E-state index is -4.64. The molecule has 0 radical (unpaired) electrons. The molecule has 1 atom stereocenters. The number of hydrogen-bond donors (Lipinski definition) is 1. The molecule has 0 saturated carbocycles. The molecule has 1 N–H and O–H groups in total. The second kappa shape index (κ2) is 7.67. The lowest BCUT2D eigenvalue weighted by molar-refractivity contribution is -0.138. The molecule has 1 saturated heterocycles. The molecule has 0 bridgehead atoms. The van der Waals surface area contributed by atoms with Crippen LogP contribution in [0, 0.1) is 5.92 Å². The first kappa shape index (κ1) is 20.2. The van der Waals surface area contributed by atoms with E-state index in [-0.39, 0.29) is 30.3 Å². The van der Waals surface area contributed by atoms with Gasteiger partial charge in [0.25, 0.3) is 5.91 Å². The van der Waals surface area contributed by atoms with Gasteiger partial charge in [0.05, 0.1) is 12.7 Å². The number of carbonyl (C=O) groups excluding carboxylic acids is 1. The molecule has 26 heavy (non-hydrogen) atoms. The number of hydrogen-bond acceptors (Lipinski definition) is 4. The molecule has 1 aliphatic heterocycles. The third-order valence-electron chi connectivity index (χ3n) is 4.12. The molecule has 0 aliphatic carbocycles. The molecule has 0 aromatic heterocycles. The van der Waals surface area contributed by atoms with E-state index in [4.69, 9.17) is 4.74 Å². The highest BCUT2D eigenvalue weighted by atomic mass is 32.2. The van der Waals surface area contributed by atoms with E-state index >= 15 is 0 Å². The summed E-state index contributed by atoms with van der Waals surface area (Å²) in [5, 5.41) is 0.793. The van der Waals surface area contributed by atoms with Gasteiger partial charge in [0, 0.05) is 30.6 Å². The SMILES string of the molecule is C=CS(=O)(=O)NCC1CCN(C(=O)c2ccc(OC)c(C(F)(F)F)c2)C1. The number of ether oxygens (including phenoxy) is 1. The second-order valence-electron chi connectivity index (χ2n) is 5.88. The Hall–Kier alpha value is -2.07. The van der Waals surface area contributed by atoms with Gasteiger partial charge in [0.1, 0.15) is 5.75 Å². The van der Waals surface area contributed by atoms with E-state index in [2.05, 4.69) is 11.3 Å². The summed E-state index contributed by atoms with van der Waals surface area (Å²) in [5.74, 6) is -1.01. The van der Waals surface area contributed by atoms with Gasteiger partial charge in [0.2, 0.25) is 10.0 Å². The smallest absolute Gasteiger partial charge is 0.419 e. The molecular formula is C16H19F3N2O4S. The Kier molecular flexibility index (Phi) is 5.97. The van der Waals surface area contributed by atoms with Crippen molar-refractivity contribution >= 4 is 15.9 Å². The molecule has 10 heteroatoms. The normalized spacial score (nSPS) is 18.0. The molecule has 1 fully saturated rings. The molecule has 144 valence electrons. The number of alkyl halides is 3. The first-order chi connectivity index (χ1) is 12.1. The van der Waals surface area contributed by atoms with Gasteiger partial charge in [-0.25, -0.2) is 13.1 Å². The lowest BCUT2D eigenvalue weighted by Gasteiger charge is -2.18. The molecule has 1 amide bonds. The highest BCUT2D eigenvalue weighted by Gasteiger charge is 2.36. The van der Waals surface area contributed by atoms with Gasteiger partial charge in [0.15, 0.2) is 0 Å². The maximum Gasteiger partial charge on any atom is 0.419 e. The standard InChI is InChI=1S/C16H19F3N2O4S/c1-3-26(23,24)20-9-11-6-7-21(10-11)15(22)12-4-5-14(25-2)13(8-12)16(17,18)19/h3-5,8,11,20H,1,6-7,9-10H2,2H3. The molecule has 2 rings (SSSR count). The molecule has 0 spiro atoms. The van der Waals surface area contributed by atoms with Gasteiger partial charge >= 0.3 is 6.18 Å². The number of carbonyl (C=O) groups is 1. The fraction of sp³-hybridized carbons (Fsp3) is 0.438. The summed E-state index contributed by atoms with van der Waals surface area (Å²) in [5.41, 5.74) is -1.11. The van der Waals surface area contributed by atoms with Crippen molar-refractivity contribution in [3.8, 4) is 5.75 Å². The summed E-state index contributed by atoms with van der Waals surface area (Å²) >= 11 is 0. The van der Waals surface area contributed by atoms with E-state index in [1.54, 1.807) is 0 Å². The van der Waals surface area contributed by atoms with Crippen LogP contribution in [-0.2, 0) is 16.2 Å². The summed E-state index contributed by atoms with van der Waals surface area (Å²) < 4.78 is 69.0. The zero-order chi connectivity index (χ0) is 19.5. The van der Waals surface area contributed by atoms with Crippen LogP contribution in [0.25, 0.3) is 0 Å². The number of nitrogens with one attached hydrogen (secondary N) is 1. The second-order valence-corrected chi connectivity index (χ2v) is 7.59. The van der Waals surface area contributed by atoms with E-state index in [1.807, 2.05) is 0 Å². The number of likely N-dealkylation sites (tertiary alicyclic amines) is 1. The van der Waals surface area contributed by atoms with Gasteiger partial charge in [-0.2, -0.15) is 13.2 Å². The molecule has 1 aromatic carbocycles. The van der Waals surface area contributed by atoms with Crippen LogP contribution in [0.1, 0.15) is 22.3 Å². The van der Waals surface area contributed by atoms with Gasteiger partial charge in [-0.1, -0.05) is 6.58 Å². The van der Waals surface area contributed by atoms with Crippen molar-refractivity contribution in [2.45, 2.75) is 12.6 Å². The van der Waals surface area contributed by atoms with Gasteiger partial charge in [-0.3, -0.25) is 4.79 Å². The van der Waals surface area contributed by atoms with Crippen molar-refractivity contribution in [2.24, 2.45) is 5.92 Å². The van der Waals surface area contributed by atoms with Crippen LogP contribution in [0.5, 0.6) is 5.75 Å². The van der Waals surface area contributed by atoms with Gasteiger partial charge in [-0.15, -0.1) is 0 Å². The number of benzene rings is 1. The topological polar surface area (TPSA) is 75.7 Å². The Morgan fingerprint density at radius 2 is 2.15 bits per heavy atom.